The van der Waals surface area contributed by atoms with E-state index in [0.29, 0.717) is 6.04 Å². The zero-order chi connectivity index (χ0) is 19.5. The lowest BCUT2D eigenvalue weighted by atomic mass is 9.71. The van der Waals surface area contributed by atoms with Crippen molar-refractivity contribution in [2.75, 3.05) is 14.1 Å². The van der Waals surface area contributed by atoms with E-state index in [9.17, 15) is 0 Å². The lowest BCUT2D eigenvalue weighted by molar-refractivity contribution is 0.335. The molecule has 0 aromatic rings. The van der Waals surface area contributed by atoms with Crippen molar-refractivity contribution < 1.29 is 0 Å². The van der Waals surface area contributed by atoms with E-state index in [2.05, 4.69) is 25.9 Å². The summed E-state index contributed by atoms with van der Waals surface area (Å²) in [5, 5.41) is 0. The Hall–Kier alpha value is -0.560. The Bertz CT molecular complexity index is 577. The summed E-state index contributed by atoms with van der Waals surface area (Å²) in [5.74, 6) is 2.69. The van der Waals surface area contributed by atoms with Crippen LogP contribution >= 0.6 is 0 Å². The molecule has 0 aliphatic heterocycles. The Balaban J connectivity index is 1.75. The molecule has 0 radical (unpaired) electrons. The molecule has 0 saturated heterocycles. The standard InChI is InChI=1S/C27H45N/c1-20(28(2)3)24-19-25(21-13-7-4-8-14-21)27(23-17-11-6-12-18-23)26(24)22-15-9-5-10-16-22/h20-23H,4-19H2,1-3H3. The summed E-state index contributed by atoms with van der Waals surface area (Å²) < 4.78 is 0. The van der Waals surface area contributed by atoms with E-state index in [-0.39, 0.29) is 0 Å². The number of nitrogens with zero attached hydrogens (tertiary/aromatic N) is 1. The van der Waals surface area contributed by atoms with Crippen LogP contribution in [0.15, 0.2) is 22.3 Å². The molecular formula is C27H45N. The maximum Gasteiger partial charge on any atom is 0.0282 e. The van der Waals surface area contributed by atoms with Crippen molar-refractivity contribution in [1.29, 1.82) is 0 Å². The molecule has 1 atom stereocenters. The van der Waals surface area contributed by atoms with Crippen molar-refractivity contribution in [3.05, 3.63) is 22.3 Å². The minimum atomic E-state index is 0.608. The van der Waals surface area contributed by atoms with Crippen LogP contribution in [0.2, 0.25) is 0 Å². The van der Waals surface area contributed by atoms with Crippen LogP contribution in [0.25, 0.3) is 0 Å². The maximum absolute atomic E-state index is 2.49. The molecule has 4 aliphatic rings. The van der Waals surface area contributed by atoms with Crippen LogP contribution in [-0.4, -0.2) is 25.0 Å². The van der Waals surface area contributed by atoms with Gasteiger partial charge in [-0.05, 0) is 100 Å². The molecule has 0 spiro atoms. The van der Waals surface area contributed by atoms with Gasteiger partial charge in [-0.1, -0.05) is 63.4 Å². The number of allylic oxidation sites excluding steroid dienone is 3. The molecule has 1 nitrogen and oxygen atoms in total. The van der Waals surface area contributed by atoms with Gasteiger partial charge >= 0.3 is 0 Å². The van der Waals surface area contributed by atoms with Gasteiger partial charge in [-0.3, -0.25) is 0 Å². The van der Waals surface area contributed by atoms with Gasteiger partial charge in [0.1, 0.15) is 0 Å². The van der Waals surface area contributed by atoms with Gasteiger partial charge in [0.25, 0.3) is 0 Å². The second-order valence-electron chi connectivity index (χ2n) is 10.7. The monoisotopic (exact) mass is 383 g/mol. The molecule has 0 aromatic carbocycles. The van der Waals surface area contributed by atoms with Crippen LogP contribution in [0, 0.1) is 17.8 Å². The smallest absolute Gasteiger partial charge is 0.0282 e. The van der Waals surface area contributed by atoms with E-state index in [1.807, 2.05) is 22.3 Å². The number of hydrogen-bond donors (Lipinski definition) is 0. The fraction of sp³-hybridized carbons (Fsp3) is 0.852. The third-order valence-electron chi connectivity index (χ3n) is 8.77. The van der Waals surface area contributed by atoms with E-state index < -0.39 is 0 Å². The van der Waals surface area contributed by atoms with Gasteiger partial charge in [-0.2, -0.15) is 0 Å². The predicted octanol–water partition coefficient (Wildman–Crippen LogP) is 7.67. The normalized spacial score (nSPS) is 27.9. The molecule has 28 heavy (non-hydrogen) atoms. The Morgan fingerprint density at radius 2 is 1.04 bits per heavy atom. The number of hydrogen-bond acceptors (Lipinski definition) is 1. The van der Waals surface area contributed by atoms with Gasteiger partial charge in [-0.15, -0.1) is 0 Å². The first-order valence-electron chi connectivity index (χ1n) is 12.8. The molecule has 0 amide bonds. The highest BCUT2D eigenvalue weighted by Gasteiger charge is 2.38. The number of rotatable bonds is 5. The zero-order valence-electron chi connectivity index (χ0n) is 19.1. The Morgan fingerprint density at radius 1 is 0.607 bits per heavy atom. The largest absolute Gasteiger partial charge is 0.303 e. The Kier molecular flexibility index (Phi) is 7.02. The summed E-state index contributed by atoms with van der Waals surface area (Å²) in [5.41, 5.74) is 7.68. The molecule has 0 bridgehead atoms. The molecule has 0 aromatic heterocycles. The molecule has 3 saturated carbocycles. The average molecular weight is 384 g/mol. The van der Waals surface area contributed by atoms with Gasteiger partial charge in [0.15, 0.2) is 0 Å². The first-order chi connectivity index (χ1) is 13.7. The summed E-state index contributed by atoms with van der Waals surface area (Å²) in [6.45, 7) is 2.49. The highest BCUT2D eigenvalue weighted by Crippen LogP contribution is 2.52. The van der Waals surface area contributed by atoms with Gasteiger partial charge < -0.3 is 4.90 Å². The predicted molar refractivity (Wildman–Crippen MR) is 122 cm³/mol. The van der Waals surface area contributed by atoms with E-state index in [0.717, 1.165) is 17.8 Å². The van der Waals surface area contributed by atoms with E-state index in [1.54, 1.807) is 0 Å². The second-order valence-corrected chi connectivity index (χ2v) is 10.7. The zero-order valence-corrected chi connectivity index (χ0v) is 19.1. The van der Waals surface area contributed by atoms with Crippen molar-refractivity contribution in [1.82, 2.24) is 4.90 Å². The Labute approximate surface area is 175 Å². The van der Waals surface area contributed by atoms with Gasteiger partial charge in [0.05, 0.1) is 0 Å². The average Bonchev–Trinajstić information content (AvgIpc) is 3.15. The van der Waals surface area contributed by atoms with Crippen molar-refractivity contribution in [2.45, 2.75) is 116 Å². The summed E-state index contributed by atoms with van der Waals surface area (Å²) >= 11 is 0. The summed E-state index contributed by atoms with van der Waals surface area (Å²) in [7, 11) is 4.60. The van der Waals surface area contributed by atoms with Crippen LogP contribution in [0.5, 0.6) is 0 Å². The van der Waals surface area contributed by atoms with Crippen LogP contribution in [-0.2, 0) is 0 Å². The van der Waals surface area contributed by atoms with Crippen molar-refractivity contribution in [3.8, 4) is 0 Å². The van der Waals surface area contributed by atoms with E-state index >= 15 is 0 Å². The van der Waals surface area contributed by atoms with Crippen LogP contribution in [0.4, 0.5) is 0 Å². The van der Waals surface area contributed by atoms with Crippen LogP contribution < -0.4 is 0 Å². The van der Waals surface area contributed by atoms with Gasteiger partial charge in [0, 0.05) is 6.04 Å². The third kappa shape index (κ3) is 4.30. The van der Waals surface area contributed by atoms with Gasteiger partial charge in [-0.25, -0.2) is 0 Å². The quantitative estimate of drug-likeness (QED) is 0.470. The minimum absolute atomic E-state index is 0.608. The molecule has 4 rings (SSSR count). The summed E-state index contributed by atoms with van der Waals surface area (Å²) in [4.78, 5) is 2.49. The molecule has 4 aliphatic carbocycles. The SMILES string of the molecule is CC(C1=C(C2CCCCC2)C(C2CCCCC2)=C(C2CCCCC2)C1)N(C)C. The van der Waals surface area contributed by atoms with Crippen molar-refractivity contribution in [3.63, 3.8) is 0 Å². The molecular weight excluding hydrogens is 338 g/mol. The summed E-state index contributed by atoms with van der Waals surface area (Å²) in [6, 6.07) is 0.608. The van der Waals surface area contributed by atoms with E-state index in [1.165, 1.54) is 103 Å². The highest BCUT2D eigenvalue weighted by atomic mass is 15.1. The summed E-state index contributed by atoms with van der Waals surface area (Å²) in [6.07, 6.45) is 23.4. The molecule has 158 valence electrons. The fourth-order valence-corrected chi connectivity index (χ4v) is 6.99. The lowest BCUT2D eigenvalue weighted by Crippen LogP contribution is -2.28. The van der Waals surface area contributed by atoms with Gasteiger partial charge in [0.2, 0.25) is 0 Å². The molecule has 0 heterocycles. The lowest BCUT2D eigenvalue weighted by Gasteiger charge is -2.34. The molecule has 0 N–H and O–H groups in total. The molecule has 1 unspecified atom stereocenters. The first kappa shape index (κ1) is 20.7. The van der Waals surface area contributed by atoms with E-state index in [4.69, 9.17) is 0 Å². The molecule has 1 heteroatoms. The second kappa shape index (κ2) is 9.50. The number of likely N-dealkylation sites (N-methyl/N-ethyl adjacent to an activating group) is 1. The third-order valence-corrected chi connectivity index (χ3v) is 8.77. The Morgan fingerprint density at radius 3 is 1.50 bits per heavy atom. The maximum atomic E-state index is 2.49. The van der Waals surface area contributed by atoms with Crippen LogP contribution in [0.1, 0.15) is 110 Å². The topological polar surface area (TPSA) is 3.24 Å². The van der Waals surface area contributed by atoms with Crippen molar-refractivity contribution in [2.24, 2.45) is 17.8 Å². The molecule has 3 fully saturated rings. The fourth-order valence-electron chi connectivity index (χ4n) is 6.99. The van der Waals surface area contributed by atoms with Crippen LogP contribution in [0.3, 0.4) is 0 Å². The minimum Gasteiger partial charge on any atom is -0.303 e. The highest BCUT2D eigenvalue weighted by molar-refractivity contribution is 5.52. The first-order valence-corrected chi connectivity index (χ1v) is 12.8. The van der Waals surface area contributed by atoms with Crippen molar-refractivity contribution >= 4 is 0 Å².